The standard InChI is InChI=1S/C7H3Cl2F2/c1-3-6(8)4(10)2-5(11)7(3)9/h2H,1H2. The fourth-order valence-electron chi connectivity index (χ4n) is 0.623. The second-order valence-corrected chi connectivity index (χ2v) is 2.70. The first kappa shape index (κ1) is 8.75. The van der Waals surface area contributed by atoms with Gasteiger partial charge in [-0.05, 0) is 12.5 Å². The highest BCUT2D eigenvalue weighted by atomic mass is 35.5. The molecular formula is C7H3Cl2F2. The first-order valence-electron chi connectivity index (χ1n) is 2.69. The number of halogens is 4. The molecule has 0 nitrogen and oxygen atoms in total. The summed E-state index contributed by atoms with van der Waals surface area (Å²) in [6, 6.07) is 0.624. The van der Waals surface area contributed by atoms with Gasteiger partial charge in [0.15, 0.2) is 0 Å². The summed E-state index contributed by atoms with van der Waals surface area (Å²) in [5, 5.41) is -0.479. The van der Waals surface area contributed by atoms with Crippen molar-refractivity contribution in [2.75, 3.05) is 0 Å². The van der Waals surface area contributed by atoms with Gasteiger partial charge in [-0.25, -0.2) is 8.78 Å². The van der Waals surface area contributed by atoms with Gasteiger partial charge in [-0.15, -0.1) is 0 Å². The summed E-state index contributed by atoms with van der Waals surface area (Å²) in [4.78, 5) is 0. The summed E-state index contributed by atoms with van der Waals surface area (Å²) in [7, 11) is 0. The van der Waals surface area contributed by atoms with Gasteiger partial charge in [0.25, 0.3) is 0 Å². The third kappa shape index (κ3) is 1.47. The van der Waals surface area contributed by atoms with Crippen LogP contribution in [0.25, 0.3) is 0 Å². The summed E-state index contributed by atoms with van der Waals surface area (Å²) in [6.07, 6.45) is 0. The molecule has 0 aliphatic heterocycles. The Morgan fingerprint density at radius 1 is 1.09 bits per heavy atom. The van der Waals surface area contributed by atoms with Crippen LogP contribution in [0, 0.1) is 18.6 Å². The Morgan fingerprint density at radius 2 is 1.45 bits per heavy atom. The van der Waals surface area contributed by atoms with Crippen molar-refractivity contribution in [3.63, 3.8) is 0 Å². The molecule has 0 N–H and O–H groups in total. The van der Waals surface area contributed by atoms with Crippen LogP contribution in [-0.4, -0.2) is 0 Å². The van der Waals surface area contributed by atoms with Crippen LogP contribution >= 0.6 is 23.2 Å². The van der Waals surface area contributed by atoms with Gasteiger partial charge in [0.1, 0.15) is 11.6 Å². The molecule has 0 amide bonds. The Balaban J connectivity index is 3.46. The van der Waals surface area contributed by atoms with Gasteiger partial charge < -0.3 is 0 Å². The van der Waals surface area contributed by atoms with Crippen LogP contribution in [0.15, 0.2) is 6.07 Å². The van der Waals surface area contributed by atoms with Crippen molar-refractivity contribution >= 4 is 23.2 Å². The highest BCUT2D eigenvalue weighted by Gasteiger charge is 2.11. The average molecular weight is 196 g/mol. The maximum Gasteiger partial charge on any atom is 0.145 e. The van der Waals surface area contributed by atoms with E-state index in [1.54, 1.807) is 0 Å². The molecule has 59 valence electrons. The van der Waals surface area contributed by atoms with Crippen LogP contribution < -0.4 is 0 Å². The highest BCUT2D eigenvalue weighted by molar-refractivity contribution is 6.36. The largest absolute Gasteiger partial charge is 0.205 e. The predicted octanol–water partition coefficient (Wildman–Crippen LogP) is 3.45. The smallest absolute Gasteiger partial charge is 0.145 e. The molecule has 1 radical (unpaired) electrons. The molecule has 0 unspecified atom stereocenters. The first-order chi connectivity index (χ1) is 5.04. The molecule has 0 spiro atoms. The Kier molecular flexibility index (Phi) is 2.35. The van der Waals surface area contributed by atoms with E-state index in [1.165, 1.54) is 0 Å². The molecule has 0 fully saturated rings. The van der Waals surface area contributed by atoms with Crippen LogP contribution in [0.5, 0.6) is 0 Å². The Morgan fingerprint density at radius 3 is 1.82 bits per heavy atom. The maximum atomic E-state index is 12.5. The van der Waals surface area contributed by atoms with Crippen molar-refractivity contribution in [1.29, 1.82) is 0 Å². The predicted molar refractivity (Wildman–Crippen MR) is 40.8 cm³/mol. The van der Waals surface area contributed by atoms with Gasteiger partial charge in [-0.2, -0.15) is 0 Å². The minimum absolute atomic E-state index is 0.0224. The molecule has 1 aromatic carbocycles. The zero-order valence-electron chi connectivity index (χ0n) is 5.30. The number of hydrogen-bond acceptors (Lipinski definition) is 0. The lowest BCUT2D eigenvalue weighted by molar-refractivity contribution is 0.583. The van der Waals surface area contributed by atoms with E-state index in [-0.39, 0.29) is 15.6 Å². The van der Waals surface area contributed by atoms with E-state index in [9.17, 15) is 8.78 Å². The lowest BCUT2D eigenvalue weighted by Gasteiger charge is -2.02. The molecule has 0 aromatic heterocycles. The SMILES string of the molecule is [CH2]c1c(Cl)c(F)cc(F)c1Cl. The average Bonchev–Trinajstić information content (AvgIpc) is 1.97. The Labute approximate surface area is 72.7 Å². The van der Waals surface area contributed by atoms with Crippen LogP contribution in [0.2, 0.25) is 10.0 Å². The number of hydrogen-bond donors (Lipinski definition) is 0. The van der Waals surface area contributed by atoms with Gasteiger partial charge in [-0.1, -0.05) is 23.2 Å². The molecule has 0 aliphatic rings. The zero-order chi connectivity index (χ0) is 8.59. The van der Waals surface area contributed by atoms with Crippen molar-refractivity contribution in [2.45, 2.75) is 0 Å². The molecule has 11 heavy (non-hydrogen) atoms. The third-order valence-corrected chi connectivity index (χ3v) is 2.02. The van der Waals surface area contributed by atoms with Crippen LogP contribution in [-0.2, 0) is 0 Å². The summed E-state index contributed by atoms with van der Waals surface area (Å²) in [5.41, 5.74) is -0.0224. The normalized spacial score (nSPS) is 10.3. The quantitative estimate of drug-likeness (QED) is 0.557. The van der Waals surface area contributed by atoms with Crippen molar-refractivity contribution < 1.29 is 8.78 Å². The van der Waals surface area contributed by atoms with Gasteiger partial charge in [0.2, 0.25) is 0 Å². The van der Waals surface area contributed by atoms with Crippen molar-refractivity contribution in [3.8, 4) is 0 Å². The van der Waals surface area contributed by atoms with E-state index in [1.807, 2.05) is 0 Å². The molecule has 0 heterocycles. The van der Waals surface area contributed by atoms with Gasteiger partial charge in [0, 0.05) is 6.07 Å². The van der Waals surface area contributed by atoms with Crippen LogP contribution in [0.3, 0.4) is 0 Å². The summed E-state index contributed by atoms with van der Waals surface area (Å²) in [5.74, 6) is -1.70. The summed E-state index contributed by atoms with van der Waals surface area (Å²) < 4.78 is 25.1. The van der Waals surface area contributed by atoms with E-state index in [0.717, 1.165) is 0 Å². The topological polar surface area (TPSA) is 0 Å². The molecule has 4 heteroatoms. The molecular weight excluding hydrogens is 193 g/mol. The van der Waals surface area contributed by atoms with Gasteiger partial charge in [0.05, 0.1) is 10.0 Å². The van der Waals surface area contributed by atoms with E-state index in [0.29, 0.717) is 6.07 Å². The van der Waals surface area contributed by atoms with E-state index >= 15 is 0 Å². The molecule has 0 saturated heterocycles. The van der Waals surface area contributed by atoms with Gasteiger partial charge in [-0.3, -0.25) is 0 Å². The zero-order valence-corrected chi connectivity index (χ0v) is 6.81. The molecule has 0 saturated carbocycles. The molecule has 1 rings (SSSR count). The van der Waals surface area contributed by atoms with E-state index < -0.39 is 11.6 Å². The summed E-state index contributed by atoms with van der Waals surface area (Å²) in [6.45, 7) is 3.30. The highest BCUT2D eigenvalue weighted by Crippen LogP contribution is 2.28. The fraction of sp³-hybridized carbons (Fsp3) is 0. The van der Waals surface area contributed by atoms with Gasteiger partial charge >= 0.3 is 0 Å². The summed E-state index contributed by atoms with van der Waals surface area (Å²) >= 11 is 10.7. The van der Waals surface area contributed by atoms with Crippen LogP contribution in [0.1, 0.15) is 5.56 Å². The van der Waals surface area contributed by atoms with E-state index in [4.69, 9.17) is 23.2 Å². The second-order valence-electron chi connectivity index (χ2n) is 1.95. The van der Waals surface area contributed by atoms with Crippen LogP contribution in [0.4, 0.5) is 8.78 Å². The second kappa shape index (κ2) is 2.95. The minimum Gasteiger partial charge on any atom is -0.205 e. The van der Waals surface area contributed by atoms with E-state index in [2.05, 4.69) is 6.92 Å². The molecule has 0 aliphatic carbocycles. The molecule has 1 aromatic rings. The lowest BCUT2D eigenvalue weighted by Crippen LogP contribution is -1.88. The monoisotopic (exact) mass is 195 g/mol. The Hall–Kier alpha value is -0.340. The Bertz CT molecular complexity index is 271. The third-order valence-electron chi connectivity index (χ3n) is 1.20. The molecule has 0 bridgehead atoms. The fourth-order valence-corrected chi connectivity index (χ4v) is 0.969. The molecule has 0 atom stereocenters. The van der Waals surface area contributed by atoms with Crippen molar-refractivity contribution in [1.82, 2.24) is 0 Å². The minimum atomic E-state index is -0.849. The van der Waals surface area contributed by atoms with Crippen molar-refractivity contribution in [2.24, 2.45) is 0 Å². The lowest BCUT2D eigenvalue weighted by atomic mass is 10.2. The maximum absolute atomic E-state index is 12.5. The number of benzene rings is 1. The first-order valence-corrected chi connectivity index (χ1v) is 3.44. The van der Waals surface area contributed by atoms with Crippen molar-refractivity contribution in [3.05, 3.63) is 40.2 Å². The number of rotatable bonds is 0.